The lowest BCUT2D eigenvalue weighted by Gasteiger charge is -2.12. The predicted molar refractivity (Wildman–Crippen MR) is 119 cm³/mol. The van der Waals surface area contributed by atoms with E-state index in [1.807, 2.05) is 48.5 Å². The highest BCUT2D eigenvalue weighted by molar-refractivity contribution is 6.06. The lowest BCUT2D eigenvalue weighted by atomic mass is 10.1. The van der Waals surface area contributed by atoms with Crippen molar-refractivity contribution < 1.29 is 14.3 Å². The molecule has 3 rings (SSSR count). The van der Waals surface area contributed by atoms with Gasteiger partial charge in [0.25, 0.3) is 11.8 Å². The van der Waals surface area contributed by atoms with Gasteiger partial charge in [-0.1, -0.05) is 60.7 Å². The molecule has 154 valence electrons. The van der Waals surface area contributed by atoms with Gasteiger partial charge in [-0.3, -0.25) is 9.59 Å². The Morgan fingerprint density at radius 1 is 0.767 bits per heavy atom. The zero-order valence-corrected chi connectivity index (χ0v) is 16.8. The van der Waals surface area contributed by atoms with E-state index in [0.717, 1.165) is 19.3 Å². The van der Waals surface area contributed by atoms with Gasteiger partial charge in [-0.25, -0.2) is 0 Å². The summed E-state index contributed by atoms with van der Waals surface area (Å²) in [6, 6.07) is 26.4. The van der Waals surface area contributed by atoms with Gasteiger partial charge in [0.1, 0.15) is 5.75 Å². The van der Waals surface area contributed by atoms with Crippen LogP contribution in [0.15, 0.2) is 84.9 Å². The van der Waals surface area contributed by atoms with Gasteiger partial charge < -0.3 is 15.4 Å². The van der Waals surface area contributed by atoms with Crippen LogP contribution in [-0.2, 0) is 11.2 Å². The summed E-state index contributed by atoms with van der Waals surface area (Å²) in [5, 5.41) is 5.69. The number of benzene rings is 3. The molecule has 3 aromatic carbocycles. The number of rotatable bonds is 10. The van der Waals surface area contributed by atoms with Crippen LogP contribution in [0.4, 0.5) is 5.69 Å². The molecule has 5 nitrogen and oxygen atoms in total. The van der Waals surface area contributed by atoms with E-state index >= 15 is 0 Å². The van der Waals surface area contributed by atoms with Gasteiger partial charge in [0.05, 0.1) is 5.56 Å². The van der Waals surface area contributed by atoms with Crippen molar-refractivity contribution in [2.24, 2.45) is 0 Å². The van der Waals surface area contributed by atoms with Crippen molar-refractivity contribution in [3.05, 3.63) is 96.1 Å². The summed E-state index contributed by atoms with van der Waals surface area (Å²) < 4.78 is 5.61. The minimum Gasteiger partial charge on any atom is -0.483 e. The highest BCUT2D eigenvalue weighted by Gasteiger charge is 2.13. The maximum Gasteiger partial charge on any atom is 0.259 e. The first-order valence-corrected chi connectivity index (χ1v) is 10.1. The molecular weight excluding hydrogens is 376 g/mol. The molecule has 0 unspecified atom stereocenters. The van der Waals surface area contributed by atoms with E-state index in [9.17, 15) is 9.59 Å². The van der Waals surface area contributed by atoms with Crippen LogP contribution in [0.2, 0.25) is 0 Å². The fraction of sp³-hybridized carbons (Fsp3) is 0.200. The average molecular weight is 402 g/mol. The zero-order valence-electron chi connectivity index (χ0n) is 16.8. The number of carbonyl (C=O) groups excluding carboxylic acids is 2. The van der Waals surface area contributed by atoms with Gasteiger partial charge >= 0.3 is 0 Å². The molecule has 0 heterocycles. The van der Waals surface area contributed by atoms with Crippen molar-refractivity contribution in [1.82, 2.24) is 5.32 Å². The molecule has 0 aliphatic heterocycles. The monoisotopic (exact) mass is 402 g/mol. The minimum atomic E-state index is -0.280. The highest BCUT2D eigenvalue weighted by Crippen LogP contribution is 2.19. The van der Waals surface area contributed by atoms with Crippen molar-refractivity contribution in [3.8, 4) is 5.75 Å². The number of anilines is 1. The van der Waals surface area contributed by atoms with E-state index < -0.39 is 0 Å². The van der Waals surface area contributed by atoms with Crippen molar-refractivity contribution in [3.63, 3.8) is 0 Å². The maximum atomic E-state index is 12.5. The van der Waals surface area contributed by atoms with Crippen LogP contribution < -0.4 is 15.4 Å². The number of aryl methyl sites for hydroxylation is 1. The Labute approximate surface area is 177 Å². The molecule has 0 saturated heterocycles. The Kier molecular flexibility index (Phi) is 8.03. The van der Waals surface area contributed by atoms with Crippen molar-refractivity contribution in [2.75, 3.05) is 18.5 Å². The molecule has 0 saturated carbocycles. The van der Waals surface area contributed by atoms with Gasteiger partial charge in [0.2, 0.25) is 0 Å². The molecular formula is C25H26N2O3. The van der Waals surface area contributed by atoms with Gasteiger partial charge in [0, 0.05) is 12.2 Å². The van der Waals surface area contributed by atoms with Crippen LogP contribution in [-0.4, -0.2) is 25.0 Å². The van der Waals surface area contributed by atoms with E-state index in [4.69, 9.17) is 4.74 Å². The Balaban J connectivity index is 1.41. The predicted octanol–water partition coefficient (Wildman–Crippen LogP) is 4.46. The molecule has 0 radical (unpaired) electrons. The lowest BCUT2D eigenvalue weighted by Crippen LogP contribution is -2.30. The fourth-order valence-electron chi connectivity index (χ4n) is 3.02. The van der Waals surface area contributed by atoms with Crippen molar-refractivity contribution in [1.29, 1.82) is 0 Å². The van der Waals surface area contributed by atoms with Crippen LogP contribution in [0.3, 0.4) is 0 Å². The molecule has 0 fully saturated rings. The highest BCUT2D eigenvalue weighted by atomic mass is 16.5. The molecule has 0 aliphatic carbocycles. The third-order valence-corrected chi connectivity index (χ3v) is 4.58. The second kappa shape index (κ2) is 11.4. The number of nitrogens with one attached hydrogen (secondary N) is 2. The van der Waals surface area contributed by atoms with E-state index in [0.29, 0.717) is 23.5 Å². The third-order valence-electron chi connectivity index (χ3n) is 4.58. The van der Waals surface area contributed by atoms with Crippen LogP contribution in [0.25, 0.3) is 0 Å². The molecule has 30 heavy (non-hydrogen) atoms. The second-order valence-electron chi connectivity index (χ2n) is 6.90. The zero-order chi connectivity index (χ0) is 21.0. The average Bonchev–Trinajstić information content (AvgIpc) is 2.79. The number of amides is 2. The van der Waals surface area contributed by atoms with Crippen molar-refractivity contribution in [2.45, 2.75) is 19.3 Å². The number of unbranched alkanes of at least 4 members (excludes halogenated alkanes) is 1. The minimum absolute atomic E-state index is 0.131. The Bertz CT molecular complexity index is 943. The SMILES string of the molecule is O=C(COc1ccccc1C(=O)Nc1ccccc1)NCCCCc1ccccc1. The van der Waals surface area contributed by atoms with Crippen LogP contribution in [0, 0.1) is 0 Å². The Morgan fingerprint density at radius 3 is 2.20 bits per heavy atom. The van der Waals surface area contributed by atoms with E-state index in [1.54, 1.807) is 24.3 Å². The molecule has 2 N–H and O–H groups in total. The molecule has 0 bridgehead atoms. The quantitative estimate of drug-likeness (QED) is 0.492. The molecule has 3 aromatic rings. The summed E-state index contributed by atoms with van der Waals surface area (Å²) in [6.07, 6.45) is 2.90. The topological polar surface area (TPSA) is 67.4 Å². The van der Waals surface area contributed by atoms with Gasteiger partial charge in [-0.2, -0.15) is 0 Å². The molecule has 0 atom stereocenters. The summed E-state index contributed by atoms with van der Waals surface area (Å²) in [7, 11) is 0. The van der Waals surface area contributed by atoms with Gasteiger partial charge in [-0.15, -0.1) is 0 Å². The summed E-state index contributed by atoms with van der Waals surface area (Å²) >= 11 is 0. The van der Waals surface area contributed by atoms with Crippen LogP contribution in [0.1, 0.15) is 28.8 Å². The molecule has 2 amide bonds. The lowest BCUT2D eigenvalue weighted by molar-refractivity contribution is -0.123. The largest absolute Gasteiger partial charge is 0.483 e. The molecule has 0 aromatic heterocycles. The van der Waals surface area contributed by atoms with E-state index in [2.05, 4.69) is 22.8 Å². The van der Waals surface area contributed by atoms with Crippen molar-refractivity contribution >= 4 is 17.5 Å². The van der Waals surface area contributed by atoms with Gasteiger partial charge in [0.15, 0.2) is 6.61 Å². The normalized spacial score (nSPS) is 10.3. The van der Waals surface area contributed by atoms with Crippen LogP contribution in [0.5, 0.6) is 5.75 Å². The third kappa shape index (κ3) is 6.78. The van der Waals surface area contributed by atoms with E-state index in [-0.39, 0.29) is 18.4 Å². The molecule has 0 spiro atoms. The fourth-order valence-corrected chi connectivity index (χ4v) is 3.02. The first-order valence-electron chi connectivity index (χ1n) is 10.1. The number of carbonyl (C=O) groups is 2. The first kappa shape index (κ1) is 21.1. The van der Waals surface area contributed by atoms with Gasteiger partial charge in [-0.05, 0) is 49.1 Å². The Morgan fingerprint density at radius 2 is 1.43 bits per heavy atom. The first-order chi connectivity index (χ1) is 14.7. The number of hydrogen-bond acceptors (Lipinski definition) is 3. The standard InChI is InChI=1S/C25H26N2O3/c28-24(26-18-10-9-13-20-11-3-1-4-12-20)19-30-23-17-8-7-16-22(23)25(29)27-21-14-5-2-6-15-21/h1-8,11-12,14-17H,9-10,13,18-19H2,(H,26,28)(H,27,29). The summed E-state index contributed by atoms with van der Waals surface area (Å²) in [5.41, 5.74) is 2.39. The number of ether oxygens (including phenoxy) is 1. The smallest absolute Gasteiger partial charge is 0.259 e. The molecule has 5 heteroatoms. The number of para-hydroxylation sites is 2. The second-order valence-corrected chi connectivity index (χ2v) is 6.90. The number of hydrogen-bond donors (Lipinski definition) is 2. The van der Waals surface area contributed by atoms with Crippen LogP contribution >= 0.6 is 0 Å². The maximum absolute atomic E-state index is 12.5. The summed E-state index contributed by atoms with van der Waals surface area (Å²) in [4.78, 5) is 24.6. The van der Waals surface area contributed by atoms with E-state index in [1.165, 1.54) is 5.56 Å². The molecule has 0 aliphatic rings. The Hall–Kier alpha value is -3.60. The summed E-state index contributed by atoms with van der Waals surface area (Å²) in [6.45, 7) is 0.472. The summed E-state index contributed by atoms with van der Waals surface area (Å²) in [5.74, 6) is -0.101.